The average Bonchev–Trinajstić information content (AvgIpc) is 2.58. The predicted molar refractivity (Wildman–Crippen MR) is 101 cm³/mol. The Labute approximate surface area is 153 Å². The maximum Gasteiger partial charge on any atom is 0.255 e. The minimum Gasteiger partial charge on any atom is -0.322 e. The Morgan fingerprint density at radius 1 is 1.16 bits per heavy atom. The highest BCUT2D eigenvalue weighted by atomic mass is 35.5. The van der Waals surface area contributed by atoms with Gasteiger partial charge in [-0.15, -0.1) is 0 Å². The van der Waals surface area contributed by atoms with E-state index in [1.54, 1.807) is 30.3 Å². The van der Waals surface area contributed by atoms with Gasteiger partial charge in [0.15, 0.2) is 0 Å². The summed E-state index contributed by atoms with van der Waals surface area (Å²) in [6.07, 6.45) is 1.65. The highest BCUT2D eigenvalue weighted by Gasteiger charge is 2.16. The molecule has 25 heavy (non-hydrogen) atoms. The van der Waals surface area contributed by atoms with Crippen molar-refractivity contribution in [1.82, 2.24) is 4.72 Å². The van der Waals surface area contributed by atoms with Crippen molar-refractivity contribution in [2.75, 3.05) is 11.9 Å². The summed E-state index contributed by atoms with van der Waals surface area (Å²) in [6.45, 7) is 4.22. The topological polar surface area (TPSA) is 75.3 Å². The molecule has 1 amide bonds. The van der Waals surface area contributed by atoms with E-state index in [2.05, 4.69) is 10.0 Å². The number of sulfonamides is 1. The molecule has 0 heterocycles. The minimum absolute atomic E-state index is 0.0678. The van der Waals surface area contributed by atoms with Crippen LogP contribution in [0.1, 0.15) is 35.7 Å². The van der Waals surface area contributed by atoms with Crippen LogP contribution in [0, 0.1) is 6.92 Å². The second kappa shape index (κ2) is 8.47. The lowest BCUT2D eigenvalue weighted by molar-refractivity contribution is 0.102. The Bertz CT molecular complexity index is 866. The van der Waals surface area contributed by atoms with Crippen molar-refractivity contribution in [2.45, 2.75) is 31.6 Å². The summed E-state index contributed by atoms with van der Waals surface area (Å²) in [5.41, 5.74) is 1.72. The molecular weight excluding hydrogens is 360 g/mol. The largest absolute Gasteiger partial charge is 0.322 e. The van der Waals surface area contributed by atoms with E-state index >= 15 is 0 Å². The van der Waals surface area contributed by atoms with Gasteiger partial charge in [-0.3, -0.25) is 4.79 Å². The molecule has 2 rings (SSSR count). The van der Waals surface area contributed by atoms with E-state index in [4.69, 9.17) is 11.6 Å². The molecule has 5 nitrogen and oxygen atoms in total. The van der Waals surface area contributed by atoms with Crippen molar-refractivity contribution in [3.63, 3.8) is 0 Å². The van der Waals surface area contributed by atoms with E-state index in [-0.39, 0.29) is 10.5 Å². The van der Waals surface area contributed by atoms with Gasteiger partial charge >= 0.3 is 0 Å². The smallest absolute Gasteiger partial charge is 0.255 e. The summed E-state index contributed by atoms with van der Waals surface area (Å²) in [7, 11) is -3.62. The van der Waals surface area contributed by atoms with Gasteiger partial charge in [-0.25, -0.2) is 13.1 Å². The van der Waals surface area contributed by atoms with Crippen molar-refractivity contribution in [3.05, 3.63) is 58.6 Å². The maximum absolute atomic E-state index is 12.4. The minimum atomic E-state index is -3.62. The first-order valence-corrected chi connectivity index (χ1v) is 9.87. The molecule has 0 bridgehead atoms. The lowest BCUT2D eigenvalue weighted by Gasteiger charge is -2.09. The highest BCUT2D eigenvalue weighted by Crippen LogP contribution is 2.21. The van der Waals surface area contributed by atoms with Crippen LogP contribution in [0.4, 0.5) is 5.69 Å². The molecule has 0 aliphatic rings. The number of halogens is 1. The predicted octanol–water partition coefficient (Wildman–Crippen LogP) is 3.98. The van der Waals surface area contributed by atoms with Crippen LogP contribution in [0.5, 0.6) is 0 Å². The number of unbranched alkanes of at least 4 members (excludes halogenated alkanes) is 1. The van der Waals surface area contributed by atoms with E-state index in [9.17, 15) is 13.2 Å². The standard InChI is InChI=1S/C18H21ClN2O3S/c1-3-4-10-20-25(23,24)16-7-5-6-14(11-16)18(22)21-15-9-8-13(2)17(19)12-15/h5-9,11-12,20H,3-4,10H2,1-2H3,(H,21,22). The molecule has 2 N–H and O–H groups in total. The van der Waals surface area contributed by atoms with Crippen LogP contribution in [0.2, 0.25) is 5.02 Å². The zero-order valence-corrected chi connectivity index (χ0v) is 15.7. The van der Waals surface area contributed by atoms with Gasteiger partial charge in [0.1, 0.15) is 0 Å². The van der Waals surface area contributed by atoms with E-state index < -0.39 is 15.9 Å². The molecule has 0 atom stereocenters. The number of benzene rings is 2. The summed E-state index contributed by atoms with van der Waals surface area (Å²) >= 11 is 6.05. The number of carbonyl (C=O) groups is 1. The molecule has 0 unspecified atom stereocenters. The molecule has 0 aliphatic heterocycles. The number of hydrogen-bond donors (Lipinski definition) is 2. The number of amides is 1. The molecule has 0 spiro atoms. The molecule has 0 aromatic heterocycles. The van der Waals surface area contributed by atoms with Crippen LogP contribution < -0.4 is 10.0 Å². The fourth-order valence-electron chi connectivity index (χ4n) is 2.15. The second-order valence-electron chi connectivity index (χ2n) is 5.70. The monoisotopic (exact) mass is 380 g/mol. The normalized spacial score (nSPS) is 11.3. The van der Waals surface area contributed by atoms with Gasteiger partial charge < -0.3 is 5.32 Å². The number of rotatable bonds is 7. The molecule has 2 aromatic rings. The van der Waals surface area contributed by atoms with Crippen molar-refractivity contribution in [2.24, 2.45) is 0 Å². The zero-order valence-electron chi connectivity index (χ0n) is 14.2. The molecule has 0 saturated heterocycles. The third-order valence-corrected chi connectivity index (χ3v) is 5.52. The molecule has 2 aromatic carbocycles. The Kier molecular flexibility index (Phi) is 6.58. The quantitative estimate of drug-likeness (QED) is 0.713. The first-order valence-electron chi connectivity index (χ1n) is 8.00. The summed E-state index contributed by atoms with van der Waals surface area (Å²) in [5.74, 6) is -0.398. The fourth-order valence-corrected chi connectivity index (χ4v) is 3.45. The third-order valence-electron chi connectivity index (χ3n) is 3.66. The first-order chi connectivity index (χ1) is 11.8. The van der Waals surface area contributed by atoms with E-state index in [0.717, 1.165) is 18.4 Å². The summed E-state index contributed by atoms with van der Waals surface area (Å²) in [6, 6.07) is 11.1. The average molecular weight is 381 g/mol. The zero-order chi connectivity index (χ0) is 18.4. The van der Waals surface area contributed by atoms with Crippen LogP contribution in [-0.2, 0) is 10.0 Å². The van der Waals surface area contributed by atoms with E-state index in [0.29, 0.717) is 17.3 Å². The van der Waals surface area contributed by atoms with Gasteiger partial charge in [0.05, 0.1) is 4.90 Å². The van der Waals surface area contributed by atoms with Crippen LogP contribution in [0.15, 0.2) is 47.4 Å². The van der Waals surface area contributed by atoms with Crippen LogP contribution >= 0.6 is 11.6 Å². The molecule has 134 valence electrons. The Morgan fingerprint density at radius 3 is 2.60 bits per heavy atom. The van der Waals surface area contributed by atoms with Crippen molar-refractivity contribution < 1.29 is 13.2 Å². The van der Waals surface area contributed by atoms with Gasteiger partial charge in [-0.2, -0.15) is 0 Å². The van der Waals surface area contributed by atoms with Crippen LogP contribution in [-0.4, -0.2) is 20.9 Å². The molecule has 0 saturated carbocycles. The number of carbonyl (C=O) groups excluding carboxylic acids is 1. The molecule has 0 aliphatic carbocycles. The Balaban J connectivity index is 2.17. The third kappa shape index (κ3) is 5.29. The van der Waals surface area contributed by atoms with E-state index in [1.165, 1.54) is 12.1 Å². The lowest BCUT2D eigenvalue weighted by Crippen LogP contribution is -2.25. The van der Waals surface area contributed by atoms with Gasteiger partial charge in [0, 0.05) is 22.8 Å². The number of hydrogen-bond acceptors (Lipinski definition) is 3. The van der Waals surface area contributed by atoms with Crippen molar-refractivity contribution in [3.8, 4) is 0 Å². The Hall–Kier alpha value is -1.89. The van der Waals surface area contributed by atoms with Gasteiger partial charge in [-0.1, -0.05) is 37.1 Å². The summed E-state index contributed by atoms with van der Waals surface area (Å²) in [5, 5.41) is 3.27. The van der Waals surface area contributed by atoms with Crippen LogP contribution in [0.25, 0.3) is 0 Å². The first kappa shape index (κ1) is 19.4. The maximum atomic E-state index is 12.4. The van der Waals surface area contributed by atoms with E-state index in [1.807, 2.05) is 13.8 Å². The van der Waals surface area contributed by atoms with Crippen LogP contribution in [0.3, 0.4) is 0 Å². The summed E-state index contributed by atoms with van der Waals surface area (Å²) in [4.78, 5) is 12.4. The Morgan fingerprint density at radius 2 is 1.92 bits per heavy atom. The van der Waals surface area contributed by atoms with Gasteiger partial charge in [0.2, 0.25) is 10.0 Å². The second-order valence-corrected chi connectivity index (χ2v) is 7.87. The lowest BCUT2D eigenvalue weighted by atomic mass is 10.2. The number of anilines is 1. The highest BCUT2D eigenvalue weighted by molar-refractivity contribution is 7.89. The van der Waals surface area contributed by atoms with Gasteiger partial charge in [-0.05, 0) is 49.2 Å². The summed E-state index contributed by atoms with van der Waals surface area (Å²) < 4.78 is 27.1. The van der Waals surface area contributed by atoms with Crippen molar-refractivity contribution in [1.29, 1.82) is 0 Å². The fraction of sp³-hybridized carbons (Fsp3) is 0.278. The number of nitrogens with one attached hydrogen (secondary N) is 2. The number of aryl methyl sites for hydroxylation is 1. The molecule has 0 fully saturated rings. The van der Waals surface area contributed by atoms with Gasteiger partial charge in [0.25, 0.3) is 5.91 Å². The molecule has 0 radical (unpaired) electrons. The molecule has 7 heteroatoms. The SMILES string of the molecule is CCCCNS(=O)(=O)c1cccc(C(=O)Nc2ccc(C)c(Cl)c2)c1. The van der Waals surface area contributed by atoms with Crippen molar-refractivity contribution >= 4 is 33.2 Å². The molecular formula is C18H21ClN2O3S.